The average molecular weight is 364 g/mol. The Balaban J connectivity index is 2.23. The van der Waals surface area contributed by atoms with E-state index in [-0.39, 0.29) is 12.4 Å². The first-order valence-electron chi connectivity index (χ1n) is 5.87. The summed E-state index contributed by atoms with van der Waals surface area (Å²) in [5, 5.41) is 9.11. The predicted octanol–water partition coefficient (Wildman–Crippen LogP) is 3.68. The molecule has 0 fully saturated rings. The molecular weight excluding hydrogens is 351 g/mol. The number of rotatable bonds is 4. The van der Waals surface area contributed by atoms with Gasteiger partial charge in [-0.25, -0.2) is 0 Å². The lowest BCUT2D eigenvalue weighted by Gasteiger charge is -2.03. The summed E-state index contributed by atoms with van der Waals surface area (Å²) in [5.74, 6) is -0.0523. The number of halogens is 1. The van der Waals surface area contributed by atoms with Gasteiger partial charge in [0.05, 0.1) is 6.61 Å². The fourth-order valence-electron chi connectivity index (χ4n) is 1.69. The van der Waals surface area contributed by atoms with E-state index in [0.717, 1.165) is 14.7 Å². The highest BCUT2D eigenvalue weighted by Crippen LogP contribution is 2.16. The summed E-state index contributed by atoms with van der Waals surface area (Å²) in [5.41, 5.74) is 2.36. The first-order chi connectivity index (χ1) is 9.20. The van der Waals surface area contributed by atoms with Gasteiger partial charge < -0.3 is 5.11 Å². The lowest BCUT2D eigenvalue weighted by atomic mass is 10.1. The van der Waals surface area contributed by atoms with E-state index in [1.807, 2.05) is 42.5 Å². The second kappa shape index (κ2) is 6.63. The van der Waals surface area contributed by atoms with Crippen LogP contribution in [0.3, 0.4) is 0 Å². The molecule has 0 aliphatic rings. The van der Waals surface area contributed by atoms with E-state index >= 15 is 0 Å². The third-order valence-corrected chi connectivity index (χ3v) is 3.65. The van der Waals surface area contributed by atoms with Crippen molar-refractivity contribution in [2.24, 2.45) is 0 Å². The maximum Gasteiger partial charge on any atom is 0.186 e. The largest absolute Gasteiger partial charge is 0.392 e. The quantitative estimate of drug-likeness (QED) is 0.511. The Morgan fingerprint density at radius 2 is 1.89 bits per heavy atom. The highest BCUT2D eigenvalue weighted by Gasteiger charge is 2.07. The van der Waals surface area contributed by atoms with Gasteiger partial charge in [0.25, 0.3) is 0 Å². The monoisotopic (exact) mass is 364 g/mol. The summed E-state index contributed by atoms with van der Waals surface area (Å²) >= 11 is 2.13. The van der Waals surface area contributed by atoms with Crippen molar-refractivity contribution in [1.29, 1.82) is 0 Å². The Bertz CT molecular complexity index is 603. The van der Waals surface area contributed by atoms with E-state index in [9.17, 15) is 4.79 Å². The number of allylic oxidation sites excluding steroid dienone is 1. The van der Waals surface area contributed by atoms with E-state index < -0.39 is 0 Å². The van der Waals surface area contributed by atoms with E-state index in [1.165, 1.54) is 0 Å². The van der Waals surface area contributed by atoms with Crippen LogP contribution in [0, 0.1) is 3.57 Å². The molecule has 0 atom stereocenters. The van der Waals surface area contributed by atoms with Crippen LogP contribution in [0.5, 0.6) is 0 Å². The van der Waals surface area contributed by atoms with Crippen LogP contribution in [-0.4, -0.2) is 10.9 Å². The molecule has 2 aromatic rings. The van der Waals surface area contributed by atoms with Gasteiger partial charge in [-0.05, 0) is 51.9 Å². The van der Waals surface area contributed by atoms with Crippen LogP contribution in [-0.2, 0) is 6.61 Å². The molecule has 2 aromatic carbocycles. The minimum Gasteiger partial charge on any atom is -0.392 e. The van der Waals surface area contributed by atoms with Crippen molar-refractivity contribution >= 4 is 34.5 Å². The van der Waals surface area contributed by atoms with Crippen molar-refractivity contribution in [2.45, 2.75) is 6.61 Å². The summed E-state index contributed by atoms with van der Waals surface area (Å²) in [4.78, 5) is 12.1. The fraction of sp³-hybridized carbons (Fsp3) is 0.0625. The summed E-state index contributed by atoms with van der Waals surface area (Å²) in [6, 6.07) is 15.1. The van der Waals surface area contributed by atoms with Crippen molar-refractivity contribution in [3.05, 3.63) is 74.9 Å². The molecule has 0 aliphatic carbocycles. The van der Waals surface area contributed by atoms with Gasteiger partial charge in [-0.15, -0.1) is 0 Å². The highest BCUT2D eigenvalue weighted by atomic mass is 127. The highest BCUT2D eigenvalue weighted by molar-refractivity contribution is 14.1. The summed E-state index contributed by atoms with van der Waals surface area (Å²) in [7, 11) is 0. The SMILES string of the molecule is O=C(/C=C/c1ccccc1)c1cc(CO)ccc1I. The van der Waals surface area contributed by atoms with Crippen molar-refractivity contribution in [1.82, 2.24) is 0 Å². The fourth-order valence-corrected chi connectivity index (χ4v) is 2.29. The van der Waals surface area contributed by atoms with Gasteiger partial charge in [-0.2, -0.15) is 0 Å². The van der Waals surface area contributed by atoms with Gasteiger partial charge >= 0.3 is 0 Å². The number of ketones is 1. The zero-order valence-corrected chi connectivity index (χ0v) is 12.4. The van der Waals surface area contributed by atoms with Gasteiger partial charge in [-0.1, -0.05) is 42.5 Å². The molecule has 1 N–H and O–H groups in total. The lowest BCUT2D eigenvalue weighted by molar-refractivity contribution is 0.104. The van der Waals surface area contributed by atoms with Crippen LogP contribution >= 0.6 is 22.6 Å². The maximum atomic E-state index is 12.1. The molecule has 0 saturated carbocycles. The predicted molar refractivity (Wildman–Crippen MR) is 84.9 cm³/mol. The molecule has 2 nitrogen and oxygen atoms in total. The zero-order chi connectivity index (χ0) is 13.7. The summed E-state index contributed by atoms with van der Waals surface area (Å²) in [6.07, 6.45) is 3.36. The van der Waals surface area contributed by atoms with Crippen molar-refractivity contribution in [2.75, 3.05) is 0 Å². The Hall–Kier alpha value is -1.46. The van der Waals surface area contributed by atoms with Crippen molar-refractivity contribution in [3.63, 3.8) is 0 Å². The van der Waals surface area contributed by atoms with E-state index in [1.54, 1.807) is 18.2 Å². The Morgan fingerprint density at radius 3 is 2.58 bits per heavy atom. The second-order valence-electron chi connectivity index (χ2n) is 4.08. The van der Waals surface area contributed by atoms with Crippen molar-refractivity contribution in [3.8, 4) is 0 Å². The molecule has 0 saturated heterocycles. The molecule has 0 bridgehead atoms. The van der Waals surface area contributed by atoms with E-state index in [4.69, 9.17) is 5.11 Å². The molecule has 0 spiro atoms. The number of carbonyl (C=O) groups excluding carboxylic acids is 1. The number of hydrogen-bond donors (Lipinski definition) is 1. The Labute approximate surface area is 125 Å². The third kappa shape index (κ3) is 3.75. The first kappa shape index (κ1) is 14.0. The van der Waals surface area contributed by atoms with E-state index in [0.29, 0.717) is 5.56 Å². The number of aliphatic hydroxyl groups is 1. The third-order valence-electron chi connectivity index (χ3n) is 2.71. The van der Waals surface area contributed by atoms with Gasteiger partial charge in [0.1, 0.15) is 0 Å². The minimum atomic E-state index is -0.0560. The number of carbonyl (C=O) groups is 1. The van der Waals surface area contributed by atoms with Crippen LogP contribution in [0.25, 0.3) is 6.08 Å². The average Bonchev–Trinajstić information content (AvgIpc) is 2.46. The van der Waals surface area contributed by atoms with Crippen LogP contribution in [0.15, 0.2) is 54.6 Å². The molecular formula is C16H13IO2. The van der Waals surface area contributed by atoms with Crippen LogP contribution < -0.4 is 0 Å². The normalized spacial score (nSPS) is 10.8. The standard InChI is InChI=1S/C16H13IO2/c17-15-8-6-13(11-18)10-14(15)16(19)9-7-12-4-2-1-3-5-12/h1-10,18H,11H2/b9-7+. The molecule has 19 heavy (non-hydrogen) atoms. The molecule has 0 amide bonds. The number of hydrogen-bond acceptors (Lipinski definition) is 2. The Morgan fingerprint density at radius 1 is 1.16 bits per heavy atom. The number of aliphatic hydroxyl groups excluding tert-OH is 1. The molecule has 0 aromatic heterocycles. The van der Waals surface area contributed by atoms with Crippen LogP contribution in [0.1, 0.15) is 21.5 Å². The molecule has 0 unspecified atom stereocenters. The molecule has 0 aliphatic heterocycles. The maximum absolute atomic E-state index is 12.1. The van der Waals surface area contributed by atoms with Gasteiger partial charge in [0.15, 0.2) is 5.78 Å². The molecule has 3 heteroatoms. The van der Waals surface area contributed by atoms with Gasteiger partial charge in [-0.3, -0.25) is 4.79 Å². The summed E-state index contributed by atoms with van der Waals surface area (Å²) in [6.45, 7) is -0.0560. The first-order valence-corrected chi connectivity index (χ1v) is 6.95. The smallest absolute Gasteiger partial charge is 0.186 e. The van der Waals surface area contributed by atoms with Gasteiger partial charge in [0.2, 0.25) is 0 Å². The van der Waals surface area contributed by atoms with Crippen LogP contribution in [0.2, 0.25) is 0 Å². The lowest BCUT2D eigenvalue weighted by Crippen LogP contribution is -1.99. The molecule has 2 rings (SSSR count). The molecule has 0 heterocycles. The number of benzene rings is 2. The molecule has 0 radical (unpaired) electrons. The second-order valence-corrected chi connectivity index (χ2v) is 5.24. The minimum absolute atomic E-state index is 0.0523. The Kier molecular flexibility index (Phi) is 4.87. The zero-order valence-electron chi connectivity index (χ0n) is 10.2. The molecule has 96 valence electrons. The van der Waals surface area contributed by atoms with E-state index in [2.05, 4.69) is 22.6 Å². The topological polar surface area (TPSA) is 37.3 Å². The van der Waals surface area contributed by atoms with Crippen LogP contribution in [0.4, 0.5) is 0 Å². The van der Waals surface area contributed by atoms with Gasteiger partial charge in [0, 0.05) is 9.13 Å². The summed E-state index contributed by atoms with van der Waals surface area (Å²) < 4.78 is 0.887. The van der Waals surface area contributed by atoms with Crippen molar-refractivity contribution < 1.29 is 9.90 Å².